The quantitative estimate of drug-likeness (QED) is 0.770. The number of nitrogens with zero attached hydrogens (tertiary/aromatic N) is 3. The largest absolute Gasteiger partial charge is 0.494 e. The van der Waals surface area contributed by atoms with E-state index in [4.69, 9.17) is 4.74 Å². The van der Waals surface area contributed by atoms with E-state index in [-0.39, 0.29) is 11.5 Å². The minimum absolute atomic E-state index is 0.0646. The van der Waals surface area contributed by atoms with Crippen LogP contribution in [0.25, 0.3) is 0 Å². The van der Waals surface area contributed by atoms with Crippen molar-refractivity contribution in [1.29, 1.82) is 5.26 Å². The molecule has 0 atom stereocenters. The molecule has 0 radical (unpaired) electrons. The second-order valence-corrected chi connectivity index (χ2v) is 6.65. The second kappa shape index (κ2) is 9.23. The van der Waals surface area contributed by atoms with Gasteiger partial charge in [0.05, 0.1) is 12.3 Å². The number of benzene rings is 2. The first kappa shape index (κ1) is 19.7. The third-order valence-corrected chi connectivity index (χ3v) is 4.96. The molecule has 2 aromatic carbocycles. The highest BCUT2D eigenvalue weighted by Crippen LogP contribution is 2.24. The molecule has 146 valence electrons. The van der Waals surface area contributed by atoms with E-state index in [1.807, 2.05) is 47.1 Å². The number of anilines is 1. The Labute approximate surface area is 164 Å². The summed E-state index contributed by atoms with van der Waals surface area (Å²) in [5.74, 6) is 0.426. The first-order chi connectivity index (χ1) is 13.6. The molecule has 0 saturated carbocycles. The third kappa shape index (κ3) is 4.42. The zero-order valence-corrected chi connectivity index (χ0v) is 16.0. The second-order valence-electron chi connectivity index (χ2n) is 6.65. The van der Waals surface area contributed by atoms with Crippen LogP contribution >= 0.6 is 0 Å². The molecule has 3 rings (SSSR count). The SMILES string of the molecule is CCOc1ccccc1CCC(=O)N1CCN(c2cccc(F)c2C#N)CC1. The fourth-order valence-corrected chi connectivity index (χ4v) is 3.49. The number of ether oxygens (including phenoxy) is 1. The van der Waals surface area contributed by atoms with Gasteiger partial charge in [-0.2, -0.15) is 5.26 Å². The monoisotopic (exact) mass is 381 g/mol. The number of para-hydroxylation sites is 1. The average Bonchev–Trinajstić information content (AvgIpc) is 2.73. The van der Waals surface area contributed by atoms with Crippen molar-refractivity contribution >= 4 is 11.6 Å². The Morgan fingerprint density at radius 1 is 1.14 bits per heavy atom. The van der Waals surface area contributed by atoms with Gasteiger partial charge in [0.15, 0.2) is 0 Å². The molecular formula is C22H24FN3O2. The molecule has 0 spiro atoms. The van der Waals surface area contributed by atoms with Gasteiger partial charge in [-0.15, -0.1) is 0 Å². The van der Waals surface area contributed by atoms with Gasteiger partial charge < -0.3 is 14.5 Å². The number of carbonyl (C=O) groups is 1. The summed E-state index contributed by atoms with van der Waals surface area (Å²) in [5, 5.41) is 9.22. The van der Waals surface area contributed by atoms with E-state index in [2.05, 4.69) is 0 Å². The smallest absolute Gasteiger partial charge is 0.223 e. The molecule has 0 bridgehead atoms. The predicted molar refractivity (Wildman–Crippen MR) is 106 cm³/mol. The predicted octanol–water partition coefficient (Wildman–Crippen LogP) is 3.38. The molecule has 5 nitrogen and oxygen atoms in total. The minimum Gasteiger partial charge on any atom is -0.494 e. The van der Waals surface area contributed by atoms with E-state index < -0.39 is 5.82 Å². The van der Waals surface area contributed by atoms with E-state index in [0.29, 0.717) is 51.3 Å². The summed E-state index contributed by atoms with van der Waals surface area (Å²) in [5.41, 5.74) is 1.70. The van der Waals surface area contributed by atoms with Gasteiger partial charge in [-0.05, 0) is 37.1 Å². The van der Waals surface area contributed by atoms with Crippen LogP contribution in [0, 0.1) is 17.1 Å². The number of aryl methyl sites for hydroxylation is 1. The maximum atomic E-state index is 13.8. The lowest BCUT2D eigenvalue weighted by atomic mass is 10.1. The van der Waals surface area contributed by atoms with Crippen molar-refractivity contribution in [1.82, 2.24) is 4.90 Å². The van der Waals surface area contributed by atoms with Crippen LogP contribution in [0.3, 0.4) is 0 Å². The lowest BCUT2D eigenvalue weighted by Gasteiger charge is -2.36. The molecule has 1 fully saturated rings. The summed E-state index contributed by atoms with van der Waals surface area (Å²) in [4.78, 5) is 16.4. The Morgan fingerprint density at radius 2 is 1.89 bits per heavy atom. The summed E-state index contributed by atoms with van der Waals surface area (Å²) in [6.07, 6.45) is 1.06. The topological polar surface area (TPSA) is 56.6 Å². The highest BCUT2D eigenvalue weighted by molar-refractivity contribution is 5.77. The van der Waals surface area contributed by atoms with Crippen molar-refractivity contribution in [3.05, 3.63) is 59.4 Å². The van der Waals surface area contributed by atoms with Gasteiger partial charge in [-0.25, -0.2) is 4.39 Å². The molecule has 1 heterocycles. The van der Waals surface area contributed by atoms with Crippen molar-refractivity contribution in [3.8, 4) is 11.8 Å². The summed E-state index contributed by atoms with van der Waals surface area (Å²) in [6, 6.07) is 14.4. The molecule has 1 aliphatic heterocycles. The van der Waals surface area contributed by atoms with Crippen molar-refractivity contribution in [3.63, 3.8) is 0 Å². The van der Waals surface area contributed by atoms with E-state index in [1.54, 1.807) is 12.1 Å². The lowest BCUT2D eigenvalue weighted by Crippen LogP contribution is -2.49. The molecule has 1 amide bonds. The molecule has 6 heteroatoms. The molecule has 0 unspecified atom stereocenters. The average molecular weight is 381 g/mol. The summed E-state index contributed by atoms with van der Waals surface area (Å²) >= 11 is 0. The molecular weight excluding hydrogens is 357 g/mol. The van der Waals surface area contributed by atoms with Gasteiger partial charge in [0.25, 0.3) is 0 Å². The third-order valence-electron chi connectivity index (χ3n) is 4.96. The molecule has 28 heavy (non-hydrogen) atoms. The Morgan fingerprint density at radius 3 is 2.61 bits per heavy atom. The minimum atomic E-state index is -0.508. The van der Waals surface area contributed by atoms with Crippen molar-refractivity contribution < 1.29 is 13.9 Å². The van der Waals surface area contributed by atoms with Crippen LogP contribution in [-0.2, 0) is 11.2 Å². The summed E-state index contributed by atoms with van der Waals surface area (Å²) in [7, 11) is 0. The Hall–Kier alpha value is -3.07. The number of piperazine rings is 1. The van der Waals surface area contributed by atoms with E-state index in [0.717, 1.165) is 11.3 Å². The zero-order valence-electron chi connectivity index (χ0n) is 16.0. The normalized spacial score (nSPS) is 13.9. The molecule has 1 aliphatic rings. The van der Waals surface area contributed by atoms with Crippen LogP contribution in [0.1, 0.15) is 24.5 Å². The fraction of sp³-hybridized carbons (Fsp3) is 0.364. The molecule has 1 saturated heterocycles. The van der Waals surface area contributed by atoms with Gasteiger partial charge in [-0.3, -0.25) is 4.79 Å². The van der Waals surface area contributed by atoms with Crippen LogP contribution in [0.15, 0.2) is 42.5 Å². The molecule has 0 aromatic heterocycles. The maximum absolute atomic E-state index is 13.8. The number of halogens is 1. The summed E-state index contributed by atoms with van der Waals surface area (Å²) in [6.45, 7) is 4.83. The molecule has 2 aromatic rings. The Kier molecular flexibility index (Phi) is 6.49. The Balaban J connectivity index is 1.56. The van der Waals surface area contributed by atoms with Crippen molar-refractivity contribution in [2.75, 3.05) is 37.7 Å². The first-order valence-corrected chi connectivity index (χ1v) is 9.56. The number of carbonyl (C=O) groups excluding carboxylic acids is 1. The van der Waals surface area contributed by atoms with Crippen molar-refractivity contribution in [2.45, 2.75) is 19.8 Å². The number of amides is 1. The van der Waals surface area contributed by atoms with E-state index >= 15 is 0 Å². The molecule has 0 aliphatic carbocycles. The van der Waals surface area contributed by atoms with Gasteiger partial charge >= 0.3 is 0 Å². The fourth-order valence-electron chi connectivity index (χ4n) is 3.49. The first-order valence-electron chi connectivity index (χ1n) is 9.56. The summed E-state index contributed by atoms with van der Waals surface area (Å²) < 4.78 is 19.5. The molecule has 0 N–H and O–H groups in total. The highest BCUT2D eigenvalue weighted by Gasteiger charge is 2.23. The maximum Gasteiger partial charge on any atom is 0.223 e. The lowest BCUT2D eigenvalue weighted by molar-refractivity contribution is -0.131. The van der Waals surface area contributed by atoms with Crippen LogP contribution < -0.4 is 9.64 Å². The van der Waals surface area contributed by atoms with Crippen LogP contribution in [-0.4, -0.2) is 43.6 Å². The van der Waals surface area contributed by atoms with Crippen LogP contribution in [0.5, 0.6) is 5.75 Å². The zero-order chi connectivity index (χ0) is 19.9. The van der Waals surface area contributed by atoms with E-state index in [1.165, 1.54) is 6.07 Å². The highest BCUT2D eigenvalue weighted by atomic mass is 19.1. The number of rotatable bonds is 6. The van der Waals surface area contributed by atoms with Gasteiger partial charge in [0.1, 0.15) is 23.2 Å². The van der Waals surface area contributed by atoms with Gasteiger partial charge in [0.2, 0.25) is 5.91 Å². The Bertz CT molecular complexity index is 870. The number of nitriles is 1. The van der Waals surface area contributed by atoms with Gasteiger partial charge in [0, 0.05) is 32.6 Å². The number of hydrogen-bond acceptors (Lipinski definition) is 4. The van der Waals surface area contributed by atoms with Crippen LogP contribution in [0.4, 0.5) is 10.1 Å². The number of hydrogen-bond donors (Lipinski definition) is 0. The van der Waals surface area contributed by atoms with Crippen molar-refractivity contribution in [2.24, 2.45) is 0 Å². The van der Waals surface area contributed by atoms with Crippen LogP contribution in [0.2, 0.25) is 0 Å². The van der Waals surface area contributed by atoms with Gasteiger partial charge in [-0.1, -0.05) is 24.3 Å². The standard InChI is InChI=1S/C22H24FN3O2/c1-2-28-21-9-4-3-6-17(21)10-11-22(27)26-14-12-25(13-15-26)20-8-5-7-19(23)18(20)16-24/h3-9H,2,10-15H2,1H3. The van der Waals surface area contributed by atoms with E-state index in [9.17, 15) is 14.4 Å².